The average Bonchev–Trinajstić information content (AvgIpc) is 1.89. The predicted octanol–water partition coefficient (Wildman–Crippen LogP) is -0.00670. The second kappa shape index (κ2) is 4.66. The molecule has 0 saturated heterocycles. The van der Waals surface area contributed by atoms with Gasteiger partial charge < -0.3 is 15.2 Å². The van der Waals surface area contributed by atoms with E-state index in [9.17, 15) is 5.11 Å². The summed E-state index contributed by atoms with van der Waals surface area (Å²) >= 11 is 0. The Hall–Kier alpha value is -0.120. The number of likely N-dealkylation sites (N-methyl/N-ethyl adjacent to an activating group) is 1. The van der Waals surface area contributed by atoms with E-state index in [1.807, 2.05) is 14.0 Å². The Morgan fingerprint density at radius 1 is 1.60 bits per heavy atom. The first kappa shape index (κ1) is 9.88. The van der Waals surface area contributed by atoms with Crippen molar-refractivity contribution >= 4 is 0 Å². The molecule has 0 aliphatic heterocycles. The molecule has 0 aromatic heterocycles. The summed E-state index contributed by atoms with van der Waals surface area (Å²) in [6.45, 7) is 2.91. The molecular formula is C7H17NO2. The number of hydrogen-bond donors (Lipinski definition) is 2. The molecule has 3 heteroatoms. The molecule has 0 aliphatic rings. The monoisotopic (exact) mass is 147 g/mol. The van der Waals surface area contributed by atoms with Crippen LogP contribution in [-0.2, 0) is 4.74 Å². The highest BCUT2D eigenvalue weighted by Gasteiger charge is 2.22. The van der Waals surface area contributed by atoms with Gasteiger partial charge in [0.05, 0.1) is 6.61 Å². The van der Waals surface area contributed by atoms with Crippen molar-refractivity contribution in [1.82, 2.24) is 5.32 Å². The van der Waals surface area contributed by atoms with Gasteiger partial charge in [-0.05, 0) is 13.5 Å². The minimum atomic E-state index is -0.691. The molecule has 0 aliphatic carbocycles. The SMILES string of the molecule is CCC(O)(CNC)COC. The molecule has 1 atom stereocenters. The molecule has 0 bridgehead atoms. The molecule has 0 saturated carbocycles. The van der Waals surface area contributed by atoms with Crippen molar-refractivity contribution in [2.75, 3.05) is 27.3 Å². The number of methoxy groups -OCH3 is 1. The lowest BCUT2D eigenvalue weighted by Crippen LogP contribution is -2.42. The van der Waals surface area contributed by atoms with Crippen molar-refractivity contribution in [2.24, 2.45) is 0 Å². The van der Waals surface area contributed by atoms with E-state index in [0.717, 1.165) is 0 Å². The van der Waals surface area contributed by atoms with Crippen molar-refractivity contribution < 1.29 is 9.84 Å². The molecule has 10 heavy (non-hydrogen) atoms. The van der Waals surface area contributed by atoms with Gasteiger partial charge in [0, 0.05) is 13.7 Å². The first-order valence-corrected chi connectivity index (χ1v) is 3.54. The third kappa shape index (κ3) is 3.15. The van der Waals surface area contributed by atoms with Gasteiger partial charge in [0.2, 0.25) is 0 Å². The highest BCUT2D eigenvalue weighted by molar-refractivity contribution is 4.77. The predicted molar refractivity (Wildman–Crippen MR) is 41.0 cm³/mol. The summed E-state index contributed by atoms with van der Waals surface area (Å²) in [7, 11) is 3.41. The lowest BCUT2D eigenvalue weighted by atomic mass is 10.0. The number of hydrogen-bond acceptors (Lipinski definition) is 3. The molecule has 0 rings (SSSR count). The maximum absolute atomic E-state index is 9.63. The summed E-state index contributed by atoms with van der Waals surface area (Å²) in [5.74, 6) is 0. The Morgan fingerprint density at radius 3 is 2.50 bits per heavy atom. The minimum absolute atomic E-state index is 0.393. The Labute approximate surface area is 62.4 Å². The van der Waals surface area contributed by atoms with Crippen LogP contribution in [0.5, 0.6) is 0 Å². The summed E-state index contributed by atoms with van der Waals surface area (Å²) in [5, 5.41) is 12.5. The van der Waals surface area contributed by atoms with Gasteiger partial charge in [0.15, 0.2) is 0 Å². The van der Waals surface area contributed by atoms with Gasteiger partial charge in [-0.3, -0.25) is 0 Å². The lowest BCUT2D eigenvalue weighted by molar-refractivity contribution is -0.0312. The fourth-order valence-electron chi connectivity index (χ4n) is 0.876. The van der Waals surface area contributed by atoms with Crippen LogP contribution in [0.2, 0.25) is 0 Å². The Balaban J connectivity index is 3.69. The van der Waals surface area contributed by atoms with Gasteiger partial charge in [-0.2, -0.15) is 0 Å². The third-order valence-electron chi connectivity index (χ3n) is 1.58. The molecule has 0 amide bonds. The van der Waals surface area contributed by atoms with E-state index in [0.29, 0.717) is 19.6 Å². The van der Waals surface area contributed by atoms with Crippen molar-refractivity contribution in [3.8, 4) is 0 Å². The summed E-state index contributed by atoms with van der Waals surface area (Å²) in [5.41, 5.74) is -0.691. The first-order chi connectivity index (χ1) is 4.68. The minimum Gasteiger partial charge on any atom is -0.386 e. The molecule has 0 fully saturated rings. The number of aliphatic hydroxyl groups is 1. The molecule has 0 radical (unpaired) electrons. The van der Waals surface area contributed by atoms with E-state index in [1.54, 1.807) is 7.11 Å². The van der Waals surface area contributed by atoms with E-state index < -0.39 is 5.60 Å². The van der Waals surface area contributed by atoms with Gasteiger partial charge in [-0.1, -0.05) is 6.92 Å². The van der Waals surface area contributed by atoms with Crippen LogP contribution in [0.25, 0.3) is 0 Å². The van der Waals surface area contributed by atoms with Crippen molar-refractivity contribution in [2.45, 2.75) is 18.9 Å². The number of nitrogens with one attached hydrogen (secondary N) is 1. The Kier molecular flexibility index (Phi) is 4.60. The molecule has 2 N–H and O–H groups in total. The highest BCUT2D eigenvalue weighted by Crippen LogP contribution is 2.07. The van der Waals surface area contributed by atoms with Crippen LogP contribution >= 0.6 is 0 Å². The Morgan fingerprint density at radius 2 is 2.20 bits per heavy atom. The van der Waals surface area contributed by atoms with Crippen LogP contribution in [-0.4, -0.2) is 38.0 Å². The standard InChI is InChI=1S/C7H17NO2/c1-4-7(9,5-8-2)6-10-3/h8-9H,4-6H2,1-3H3. The first-order valence-electron chi connectivity index (χ1n) is 3.54. The second-order valence-corrected chi connectivity index (χ2v) is 2.54. The van der Waals surface area contributed by atoms with Gasteiger partial charge in [-0.25, -0.2) is 0 Å². The van der Waals surface area contributed by atoms with Crippen LogP contribution in [0.3, 0.4) is 0 Å². The normalized spacial score (nSPS) is 16.8. The van der Waals surface area contributed by atoms with E-state index in [-0.39, 0.29) is 0 Å². The van der Waals surface area contributed by atoms with E-state index in [2.05, 4.69) is 5.32 Å². The molecule has 0 aromatic rings. The maximum atomic E-state index is 9.63. The quantitative estimate of drug-likeness (QED) is 0.575. The molecule has 0 aromatic carbocycles. The topological polar surface area (TPSA) is 41.5 Å². The fourth-order valence-corrected chi connectivity index (χ4v) is 0.876. The van der Waals surface area contributed by atoms with Crippen LogP contribution in [0.4, 0.5) is 0 Å². The van der Waals surface area contributed by atoms with Crippen LogP contribution in [0.1, 0.15) is 13.3 Å². The van der Waals surface area contributed by atoms with Crippen molar-refractivity contribution in [3.63, 3.8) is 0 Å². The molecular weight excluding hydrogens is 130 g/mol. The van der Waals surface area contributed by atoms with E-state index in [1.165, 1.54) is 0 Å². The zero-order valence-electron chi connectivity index (χ0n) is 6.98. The van der Waals surface area contributed by atoms with Gasteiger partial charge in [0.1, 0.15) is 5.60 Å². The summed E-state index contributed by atoms with van der Waals surface area (Å²) in [6, 6.07) is 0. The zero-order valence-corrected chi connectivity index (χ0v) is 6.98. The smallest absolute Gasteiger partial charge is 0.100 e. The van der Waals surface area contributed by atoms with E-state index in [4.69, 9.17) is 4.74 Å². The van der Waals surface area contributed by atoms with Crippen LogP contribution < -0.4 is 5.32 Å². The van der Waals surface area contributed by atoms with Crippen molar-refractivity contribution in [1.29, 1.82) is 0 Å². The Bertz CT molecular complexity index is 79.7. The molecule has 3 nitrogen and oxygen atoms in total. The molecule has 0 spiro atoms. The molecule has 62 valence electrons. The lowest BCUT2D eigenvalue weighted by Gasteiger charge is -2.25. The van der Waals surface area contributed by atoms with E-state index >= 15 is 0 Å². The second-order valence-electron chi connectivity index (χ2n) is 2.54. The van der Waals surface area contributed by atoms with Gasteiger partial charge in [-0.15, -0.1) is 0 Å². The summed E-state index contributed by atoms with van der Waals surface area (Å²) in [6.07, 6.45) is 0.710. The molecule has 1 unspecified atom stereocenters. The van der Waals surface area contributed by atoms with Crippen molar-refractivity contribution in [3.05, 3.63) is 0 Å². The fraction of sp³-hybridized carbons (Fsp3) is 1.00. The maximum Gasteiger partial charge on any atom is 0.100 e. The van der Waals surface area contributed by atoms with Gasteiger partial charge in [0.25, 0.3) is 0 Å². The van der Waals surface area contributed by atoms with Gasteiger partial charge >= 0.3 is 0 Å². The number of ether oxygens (including phenoxy) is 1. The largest absolute Gasteiger partial charge is 0.386 e. The molecule has 0 heterocycles. The summed E-state index contributed by atoms with van der Waals surface area (Å²) < 4.78 is 4.86. The average molecular weight is 147 g/mol. The summed E-state index contributed by atoms with van der Waals surface area (Å²) in [4.78, 5) is 0. The zero-order chi connectivity index (χ0) is 8.04. The third-order valence-corrected chi connectivity index (χ3v) is 1.58. The van der Waals surface area contributed by atoms with Crippen LogP contribution in [0, 0.1) is 0 Å². The number of rotatable bonds is 5. The highest BCUT2D eigenvalue weighted by atomic mass is 16.5. The van der Waals surface area contributed by atoms with Crippen LogP contribution in [0.15, 0.2) is 0 Å².